The molecular formula is C17H21N3O4. The van der Waals surface area contributed by atoms with Crippen LogP contribution in [0.1, 0.15) is 31.1 Å². The third-order valence-electron chi connectivity index (χ3n) is 2.99. The summed E-state index contributed by atoms with van der Waals surface area (Å²) in [5, 5.41) is 0. The van der Waals surface area contributed by atoms with Crippen LogP contribution in [0.15, 0.2) is 42.7 Å². The predicted molar refractivity (Wildman–Crippen MR) is 88.6 cm³/mol. The minimum absolute atomic E-state index is 0.298. The highest BCUT2D eigenvalue weighted by Gasteiger charge is 2.27. The normalized spacial score (nSPS) is 11.0. The summed E-state index contributed by atoms with van der Waals surface area (Å²) in [5.74, 6) is -0.205. The van der Waals surface area contributed by atoms with Gasteiger partial charge in [-0.25, -0.2) is 19.5 Å². The number of benzene rings is 1. The fourth-order valence-corrected chi connectivity index (χ4v) is 1.91. The number of imidazole rings is 1. The number of ether oxygens (including phenoxy) is 2. The highest BCUT2D eigenvalue weighted by atomic mass is 16.6. The number of aromatic nitrogens is 2. The highest BCUT2D eigenvalue weighted by Crippen LogP contribution is 2.16. The topological polar surface area (TPSA) is 73.7 Å². The van der Waals surface area contributed by atoms with Gasteiger partial charge in [-0.3, -0.25) is 0 Å². The SMILES string of the molecule is Cn1ccnc1N(COC(=O)c1ccccc1)C(=O)OC(C)(C)C. The molecule has 0 radical (unpaired) electrons. The van der Waals surface area contributed by atoms with Crippen molar-refractivity contribution in [1.82, 2.24) is 9.55 Å². The third kappa shape index (κ3) is 4.58. The Kier molecular flexibility index (Phi) is 5.23. The number of amides is 1. The minimum Gasteiger partial charge on any atom is -0.443 e. The summed E-state index contributed by atoms with van der Waals surface area (Å²) >= 11 is 0. The van der Waals surface area contributed by atoms with Crippen LogP contribution in [0.2, 0.25) is 0 Å². The van der Waals surface area contributed by atoms with E-state index < -0.39 is 17.7 Å². The summed E-state index contributed by atoms with van der Waals surface area (Å²) < 4.78 is 12.2. The maximum atomic E-state index is 12.4. The first-order valence-corrected chi connectivity index (χ1v) is 7.48. The van der Waals surface area contributed by atoms with Crippen LogP contribution < -0.4 is 4.90 Å². The lowest BCUT2D eigenvalue weighted by Gasteiger charge is -2.26. The molecular weight excluding hydrogens is 310 g/mol. The Morgan fingerprint density at radius 3 is 2.42 bits per heavy atom. The first-order chi connectivity index (χ1) is 11.3. The summed E-state index contributed by atoms with van der Waals surface area (Å²) in [6.07, 6.45) is 2.59. The van der Waals surface area contributed by atoms with Crippen molar-refractivity contribution in [3.8, 4) is 0 Å². The summed E-state index contributed by atoms with van der Waals surface area (Å²) in [6, 6.07) is 8.56. The molecule has 2 aromatic rings. The zero-order chi connectivity index (χ0) is 17.7. The molecule has 0 saturated heterocycles. The molecule has 1 heterocycles. The zero-order valence-electron chi connectivity index (χ0n) is 14.2. The smallest absolute Gasteiger partial charge is 0.419 e. The molecule has 24 heavy (non-hydrogen) atoms. The Hall–Kier alpha value is -2.83. The van der Waals surface area contributed by atoms with E-state index in [1.54, 1.807) is 75.1 Å². The zero-order valence-corrected chi connectivity index (χ0v) is 14.2. The number of aryl methyl sites for hydroxylation is 1. The van der Waals surface area contributed by atoms with Crippen molar-refractivity contribution < 1.29 is 19.1 Å². The van der Waals surface area contributed by atoms with Crippen molar-refractivity contribution in [1.29, 1.82) is 0 Å². The van der Waals surface area contributed by atoms with Gasteiger partial charge in [0.1, 0.15) is 5.60 Å². The van der Waals surface area contributed by atoms with Crippen molar-refractivity contribution in [3.63, 3.8) is 0 Å². The molecule has 1 aromatic carbocycles. The number of esters is 1. The summed E-state index contributed by atoms with van der Waals surface area (Å²) in [6.45, 7) is 4.99. The van der Waals surface area contributed by atoms with Crippen LogP contribution in [0.4, 0.5) is 10.7 Å². The molecule has 128 valence electrons. The van der Waals surface area contributed by atoms with E-state index in [4.69, 9.17) is 9.47 Å². The van der Waals surface area contributed by atoms with Crippen LogP contribution in [0.5, 0.6) is 0 Å². The molecule has 0 spiro atoms. The van der Waals surface area contributed by atoms with Gasteiger partial charge in [0.25, 0.3) is 0 Å². The Morgan fingerprint density at radius 2 is 1.88 bits per heavy atom. The molecule has 7 nitrogen and oxygen atoms in total. The molecule has 0 unspecified atom stereocenters. The Bertz CT molecular complexity index is 704. The van der Waals surface area contributed by atoms with Crippen LogP contribution in [-0.2, 0) is 16.5 Å². The Morgan fingerprint density at radius 1 is 1.21 bits per heavy atom. The number of hydrogen-bond acceptors (Lipinski definition) is 5. The molecule has 7 heteroatoms. The van der Waals surface area contributed by atoms with Crippen molar-refractivity contribution in [3.05, 3.63) is 48.3 Å². The molecule has 0 atom stereocenters. The second kappa shape index (κ2) is 7.16. The van der Waals surface area contributed by atoms with Gasteiger partial charge < -0.3 is 14.0 Å². The average Bonchev–Trinajstić information content (AvgIpc) is 2.92. The van der Waals surface area contributed by atoms with Crippen molar-refractivity contribution in [2.75, 3.05) is 11.6 Å². The molecule has 0 aliphatic carbocycles. The van der Waals surface area contributed by atoms with Crippen LogP contribution >= 0.6 is 0 Å². The van der Waals surface area contributed by atoms with Crippen molar-refractivity contribution >= 4 is 18.0 Å². The predicted octanol–water partition coefficient (Wildman–Crippen LogP) is 2.98. The van der Waals surface area contributed by atoms with E-state index in [9.17, 15) is 9.59 Å². The van der Waals surface area contributed by atoms with Gasteiger partial charge in [0.15, 0.2) is 6.73 Å². The van der Waals surface area contributed by atoms with Crippen molar-refractivity contribution in [2.24, 2.45) is 7.05 Å². The number of hydrogen-bond donors (Lipinski definition) is 0. The average molecular weight is 331 g/mol. The van der Waals surface area contributed by atoms with Gasteiger partial charge in [0, 0.05) is 19.4 Å². The van der Waals surface area contributed by atoms with E-state index in [1.165, 1.54) is 4.90 Å². The second-order valence-corrected chi connectivity index (χ2v) is 6.17. The van der Waals surface area contributed by atoms with Crippen LogP contribution in [-0.4, -0.2) is 33.9 Å². The minimum atomic E-state index is -0.677. The van der Waals surface area contributed by atoms with E-state index in [1.807, 2.05) is 0 Å². The molecule has 0 N–H and O–H groups in total. The monoisotopic (exact) mass is 331 g/mol. The lowest BCUT2D eigenvalue weighted by molar-refractivity contribution is 0.0410. The molecule has 1 aromatic heterocycles. The fraction of sp³-hybridized carbons (Fsp3) is 0.353. The lowest BCUT2D eigenvalue weighted by atomic mass is 10.2. The largest absolute Gasteiger partial charge is 0.443 e. The van der Waals surface area contributed by atoms with Gasteiger partial charge in [-0.05, 0) is 32.9 Å². The maximum Gasteiger partial charge on any atom is 0.419 e. The molecule has 0 bridgehead atoms. The first kappa shape index (κ1) is 17.5. The molecule has 0 aliphatic rings. The molecule has 1 amide bonds. The van der Waals surface area contributed by atoms with E-state index >= 15 is 0 Å². The quantitative estimate of drug-likeness (QED) is 0.636. The number of carbonyl (C=O) groups is 2. The Labute approximate surface area is 140 Å². The van der Waals surface area contributed by atoms with E-state index in [-0.39, 0.29) is 6.73 Å². The standard InChI is InChI=1S/C17H21N3O4/c1-17(2,3)24-16(22)20(15-18-10-11-19(15)4)12-23-14(21)13-8-6-5-7-9-13/h5-11H,12H2,1-4H3. The van der Waals surface area contributed by atoms with Gasteiger partial charge in [-0.2, -0.15) is 0 Å². The number of anilines is 1. The van der Waals surface area contributed by atoms with Gasteiger partial charge >= 0.3 is 12.1 Å². The summed E-state index contributed by atoms with van der Waals surface area (Å²) in [4.78, 5) is 29.8. The highest BCUT2D eigenvalue weighted by molar-refractivity contribution is 5.90. The number of rotatable bonds is 4. The molecule has 0 saturated carbocycles. The van der Waals surface area contributed by atoms with Gasteiger partial charge in [-0.15, -0.1) is 0 Å². The molecule has 0 aliphatic heterocycles. The third-order valence-corrected chi connectivity index (χ3v) is 2.99. The maximum absolute atomic E-state index is 12.4. The summed E-state index contributed by atoms with van der Waals surface area (Å²) in [7, 11) is 1.73. The van der Waals surface area contributed by atoms with E-state index in [0.717, 1.165) is 0 Å². The van der Waals surface area contributed by atoms with Gasteiger partial charge in [0.2, 0.25) is 5.95 Å². The fourth-order valence-electron chi connectivity index (χ4n) is 1.91. The van der Waals surface area contributed by atoms with Crippen LogP contribution in [0.3, 0.4) is 0 Å². The van der Waals surface area contributed by atoms with Gasteiger partial charge in [-0.1, -0.05) is 18.2 Å². The van der Waals surface area contributed by atoms with E-state index in [0.29, 0.717) is 11.5 Å². The number of carbonyl (C=O) groups excluding carboxylic acids is 2. The van der Waals surface area contributed by atoms with Crippen LogP contribution in [0.25, 0.3) is 0 Å². The summed E-state index contributed by atoms with van der Waals surface area (Å²) in [5.41, 5.74) is -0.273. The number of nitrogens with zero attached hydrogens (tertiary/aromatic N) is 3. The van der Waals surface area contributed by atoms with E-state index in [2.05, 4.69) is 4.98 Å². The van der Waals surface area contributed by atoms with Gasteiger partial charge in [0.05, 0.1) is 5.56 Å². The second-order valence-electron chi connectivity index (χ2n) is 6.17. The Balaban J connectivity index is 2.13. The molecule has 2 rings (SSSR count). The van der Waals surface area contributed by atoms with Crippen molar-refractivity contribution in [2.45, 2.75) is 26.4 Å². The molecule has 0 fully saturated rings. The lowest BCUT2D eigenvalue weighted by Crippen LogP contribution is -2.40. The first-order valence-electron chi connectivity index (χ1n) is 7.48. The van der Waals surface area contributed by atoms with Crippen LogP contribution in [0, 0.1) is 0 Å².